The molecule has 7 nitrogen and oxygen atoms in total. The average molecular weight is 431 g/mol. The van der Waals surface area contributed by atoms with Gasteiger partial charge in [-0.3, -0.25) is 4.79 Å². The van der Waals surface area contributed by atoms with Gasteiger partial charge in [0, 0.05) is 37.6 Å². The summed E-state index contributed by atoms with van der Waals surface area (Å²) in [5, 5.41) is 17.1. The first-order valence-electron chi connectivity index (χ1n) is 10.4. The summed E-state index contributed by atoms with van der Waals surface area (Å²) in [5.74, 6) is 0.302. The van der Waals surface area contributed by atoms with E-state index in [9.17, 15) is 10.1 Å². The molecular formula is C25H26N4O3. The molecule has 164 valence electrons. The number of hydrogen-bond acceptors (Lipinski definition) is 5. The molecule has 1 N–H and O–H groups in total. The molecule has 0 bridgehead atoms. The lowest BCUT2D eigenvalue weighted by molar-refractivity contribution is -0.117. The second kappa shape index (κ2) is 11.5. The predicted molar refractivity (Wildman–Crippen MR) is 123 cm³/mol. The summed E-state index contributed by atoms with van der Waals surface area (Å²) < 4.78 is 12.4. The van der Waals surface area contributed by atoms with E-state index in [-0.39, 0.29) is 5.57 Å². The van der Waals surface area contributed by atoms with Gasteiger partial charge in [0.2, 0.25) is 0 Å². The first-order chi connectivity index (χ1) is 15.7. The van der Waals surface area contributed by atoms with Crippen LogP contribution in [0, 0.1) is 11.3 Å². The van der Waals surface area contributed by atoms with E-state index in [4.69, 9.17) is 14.6 Å². The van der Waals surface area contributed by atoms with Crippen LogP contribution in [0.5, 0.6) is 5.75 Å². The highest BCUT2D eigenvalue weighted by Crippen LogP contribution is 2.28. The normalized spacial score (nSPS) is 11.1. The molecule has 0 aliphatic carbocycles. The van der Waals surface area contributed by atoms with Crippen LogP contribution in [0.3, 0.4) is 0 Å². The van der Waals surface area contributed by atoms with Crippen molar-refractivity contribution in [1.82, 2.24) is 15.1 Å². The number of aromatic nitrogens is 2. The van der Waals surface area contributed by atoms with E-state index < -0.39 is 5.91 Å². The molecule has 0 radical (unpaired) electrons. The van der Waals surface area contributed by atoms with E-state index in [1.54, 1.807) is 17.9 Å². The molecular weight excluding hydrogens is 404 g/mol. The average Bonchev–Trinajstić information content (AvgIpc) is 3.25. The summed E-state index contributed by atoms with van der Waals surface area (Å²) in [6, 6.07) is 19.3. The van der Waals surface area contributed by atoms with Crippen molar-refractivity contribution >= 4 is 12.0 Å². The van der Waals surface area contributed by atoms with Crippen LogP contribution < -0.4 is 10.1 Å². The number of rotatable bonds is 10. The molecule has 0 spiro atoms. The van der Waals surface area contributed by atoms with E-state index in [0.29, 0.717) is 37.4 Å². The highest BCUT2D eigenvalue weighted by Gasteiger charge is 2.15. The quantitative estimate of drug-likeness (QED) is 0.298. The summed E-state index contributed by atoms with van der Waals surface area (Å²) >= 11 is 0. The molecule has 3 rings (SSSR count). The van der Waals surface area contributed by atoms with Crippen LogP contribution in [0.2, 0.25) is 0 Å². The minimum atomic E-state index is -0.426. The standard InChI is InChI=1S/C25H26N4O3/c1-3-32-23-12-7-9-19(16-23)24-21(18-29(28-24)22-10-5-4-6-11-22)15-20(17-26)25(30)27-13-8-14-31-2/h4-7,9-12,15-16,18H,3,8,13-14H2,1-2H3,(H,27,30)/b20-15-. The number of carbonyl (C=O) groups is 1. The maximum atomic E-state index is 12.5. The van der Waals surface area contributed by atoms with Gasteiger partial charge in [-0.05, 0) is 43.7 Å². The molecule has 0 saturated carbocycles. The van der Waals surface area contributed by atoms with Crippen molar-refractivity contribution in [2.24, 2.45) is 0 Å². The number of ether oxygens (including phenoxy) is 2. The zero-order valence-electron chi connectivity index (χ0n) is 18.2. The Balaban J connectivity index is 2.00. The third-order valence-electron chi connectivity index (χ3n) is 4.66. The summed E-state index contributed by atoms with van der Waals surface area (Å²) in [5.41, 5.74) is 3.02. The molecule has 0 aliphatic rings. The van der Waals surface area contributed by atoms with Crippen LogP contribution >= 0.6 is 0 Å². The van der Waals surface area contributed by atoms with E-state index >= 15 is 0 Å². The number of methoxy groups -OCH3 is 1. The molecule has 1 aromatic heterocycles. The molecule has 0 atom stereocenters. The second-order valence-electron chi connectivity index (χ2n) is 6.95. The van der Waals surface area contributed by atoms with Crippen molar-refractivity contribution < 1.29 is 14.3 Å². The van der Waals surface area contributed by atoms with Crippen LogP contribution in [-0.4, -0.2) is 42.6 Å². The largest absolute Gasteiger partial charge is 0.494 e. The van der Waals surface area contributed by atoms with Crippen LogP contribution in [-0.2, 0) is 9.53 Å². The summed E-state index contributed by atoms with van der Waals surface area (Å²) in [6.07, 6.45) is 4.05. The number of hydrogen-bond donors (Lipinski definition) is 1. The Labute approximate surface area is 187 Å². The van der Waals surface area contributed by atoms with E-state index in [1.807, 2.05) is 73.8 Å². The molecule has 1 amide bonds. The highest BCUT2D eigenvalue weighted by molar-refractivity contribution is 6.02. The number of nitriles is 1. The number of carbonyl (C=O) groups excluding carboxylic acids is 1. The van der Waals surface area contributed by atoms with Crippen LogP contribution in [0.15, 0.2) is 66.4 Å². The minimum absolute atomic E-state index is 0.0113. The molecule has 7 heteroatoms. The van der Waals surface area contributed by atoms with Crippen molar-refractivity contribution in [3.8, 4) is 28.8 Å². The lowest BCUT2D eigenvalue weighted by Gasteiger charge is -2.06. The lowest BCUT2D eigenvalue weighted by Crippen LogP contribution is -2.26. The number of amides is 1. The Kier molecular flexibility index (Phi) is 8.18. The molecule has 0 unspecified atom stereocenters. The molecule has 0 saturated heterocycles. The zero-order valence-corrected chi connectivity index (χ0v) is 18.2. The number of benzene rings is 2. The second-order valence-corrected chi connectivity index (χ2v) is 6.95. The molecule has 1 heterocycles. The number of para-hydroxylation sites is 1. The Morgan fingerprint density at radius 2 is 2.03 bits per heavy atom. The monoisotopic (exact) mass is 430 g/mol. The summed E-state index contributed by atoms with van der Waals surface area (Å²) in [7, 11) is 1.61. The van der Waals surface area contributed by atoms with Crippen LogP contribution in [0.25, 0.3) is 23.0 Å². The van der Waals surface area contributed by atoms with Crippen molar-refractivity contribution in [2.45, 2.75) is 13.3 Å². The van der Waals surface area contributed by atoms with Gasteiger partial charge in [-0.25, -0.2) is 4.68 Å². The van der Waals surface area contributed by atoms with Gasteiger partial charge in [-0.1, -0.05) is 30.3 Å². The van der Waals surface area contributed by atoms with Crippen molar-refractivity contribution in [1.29, 1.82) is 5.26 Å². The Morgan fingerprint density at radius 3 is 2.75 bits per heavy atom. The fourth-order valence-corrected chi connectivity index (χ4v) is 3.15. The number of nitrogens with zero attached hydrogens (tertiary/aromatic N) is 3. The van der Waals surface area contributed by atoms with Crippen LogP contribution in [0.4, 0.5) is 0 Å². The van der Waals surface area contributed by atoms with Gasteiger partial charge in [0.05, 0.1) is 12.3 Å². The van der Waals surface area contributed by atoms with E-state index in [0.717, 1.165) is 17.0 Å². The zero-order chi connectivity index (χ0) is 22.8. The molecule has 32 heavy (non-hydrogen) atoms. The smallest absolute Gasteiger partial charge is 0.261 e. The maximum absolute atomic E-state index is 12.5. The Morgan fingerprint density at radius 1 is 1.22 bits per heavy atom. The molecule has 3 aromatic rings. The van der Waals surface area contributed by atoms with Gasteiger partial charge in [0.25, 0.3) is 5.91 Å². The maximum Gasteiger partial charge on any atom is 0.261 e. The van der Waals surface area contributed by atoms with Gasteiger partial charge < -0.3 is 14.8 Å². The van der Waals surface area contributed by atoms with E-state index in [1.165, 1.54) is 0 Å². The summed E-state index contributed by atoms with van der Waals surface area (Å²) in [6.45, 7) is 3.44. The minimum Gasteiger partial charge on any atom is -0.494 e. The van der Waals surface area contributed by atoms with Crippen LogP contribution in [0.1, 0.15) is 18.9 Å². The summed E-state index contributed by atoms with van der Waals surface area (Å²) in [4.78, 5) is 12.5. The van der Waals surface area contributed by atoms with Crippen molar-refractivity contribution in [3.05, 3.63) is 71.9 Å². The third kappa shape index (κ3) is 5.84. The van der Waals surface area contributed by atoms with Gasteiger partial charge in [-0.2, -0.15) is 10.4 Å². The SMILES string of the molecule is CCOc1cccc(-c2nn(-c3ccccc3)cc2/C=C(/C#N)C(=O)NCCCOC)c1. The predicted octanol–water partition coefficient (Wildman–Crippen LogP) is 4.00. The third-order valence-corrected chi connectivity index (χ3v) is 4.66. The van der Waals surface area contributed by atoms with Crippen molar-refractivity contribution in [2.75, 3.05) is 26.9 Å². The van der Waals surface area contributed by atoms with Gasteiger partial charge >= 0.3 is 0 Å². The molecule has 0 fully saturated rings. The fraction of sp³-hybridized carbons (Fsp3) is 0.240. The van der Waals surface area contributed by atoms with Gasteiger partial charge in [0.15, 0.2) is 0 Å². The fourth-order valence-electron chi connectivity index (χ4n) is 3.15. The van der Waals surface area contributed by atoms with Gasteiger partial charge in [-0.15, -0.1) is 0 Å². The molecule has 0 aliphatic heterocycles. The first kappa shape index (κ1) is 22.8. The van der Waals surface area contributed by atoms with E-state index in [2.05, 4.69) is 5.32 Å². The molecule has 2 aromatic carbocycles. The van der Waals surface area contributed by atoms with Crippen molar-refractivity contribution in [3.63, 3.8) is 0 Å². The Bertz CT molecular complexity index is 1110. The number of nitrogens with one attached hydrogen (secondary N) is 1. The Hall–Kier alpha value is -3.89. The topological polar surface area (TPSA) is 89.2 Å². The lowest BCUT2D eigenvalue weighted by atomic mass is 10.1. The highest BCUT2D eigenvalue weighted by atomic mass is 16.5. The first-order valence-corrected chi connectivity index (χ1v) is 10.4. The van der Waals surface area contributed by atoms with Gasteiger partial charge in [0.1, 0.15) is 23.1 Å².